The van der Waals surface area contributed by atoms with E-state index in [0.717, 1.165) is 18.6 Å². The van der Waals surface area contributed by atoms with E-state index in [0.29, 0.717) is 13.0 Å². The summed E-state index contributed by atoms with van der Waals surface area (Å²) in [5.74, 6) is 0.726. The van der Waals surface area contributed by atoms with Crippen LogP contribution in [0.1, 0.15) is 44.6 Å². The first kappa shape index (κ1) is 15.6. The third-order valence-electron chi connectivity index (χ3n) is 3.84. The molecule has 0 saturated heterocycles. The zero-order valence-electron chi connectivity index (χ0n) is 13.0. The number of hydrogen-bond donors (Lipinski definition) is 1. The Bertz CT molecular complexity index is 490. The van der Waals surface area contributed by atoms with Crippen LogP contribution in [-0.4, -0.2) is 18.6 Å². The largest absolute Gasteiger partial charge is 0.481 e. The van der Waals surface area contributed by atoms with E-state index in [1.54, 1.807) is 0 Å². The zero-order chi connectivity index (χ0) is 15.1. The smallest absolute Gasteiger partial charge is 0.261 e. The Morgan fingerprint density at radius 1 is 1.29 bits per heavy atom. The molecular weight excluding hydrogens is 262 g/mol. The molecule has 0 saturated carbocycles. The molecule has 0 spiro atoms. The molecule has 0 fully saturated rings. The number of rotatable bonds is 6. The third-order valence-corrected chi connectivity index (χ3v) is 3.84. The van der Waals surface area contributed by atoms with Crippen LogP contribution >= 0.6 is 0 Å². The van der Waals surface area contributed by atoms with E-state index in [-0.39, 0.29) is 5.91 Å². The molecule has 21 heavy (non-hydrogen) atoms. The van der Waals surface area contributed by atoms with Crippen LogP contribution in [0.25, 0.3) is 0 Å². The zero-order valence-corrected chi connectivity index (χ0v) is 13.0. The molecule has 2 rings (SSSR count). The molecule has 1 atom stereocenters. The van der Waals surface area contributed by atoms with Gasteiger partial charge < -0.3 is 10.1 Å². The number of carbonyl (C=O) groups is 1. The van der Waals surface area contributed by atoms with E-state index in [1.165, 1.54) is 24.0 Å². The van der Waals surface area contributed by atoms with Crippen molar-refractivity contribution in [2.75, 3.05) is 6.54 Å². The maximum Gasteiger partial charge on any atom is 0.261 e. The fraction of sp³-hybridized carbons (Fsp3) is 0.500. The monoisotopic (exact) mass is 287 g/mol. The second-order valence-electron chi connectivity index (χ2n) is 5.65. The number of carbonyl (C=O) groups excluding carboxylic acids is 1. The van der Waals surface area contributed by atoms with Crippen molar-refractivity contribution >= 4 is 5.91 Å². The molecule has 0 heterocycles. The highest BCUT2D eigenvalue weighted by atomic mass is 16.5. The lowest BCUT2D eigenvalue weighted by Gasteiger charge is -2.19. The first-order valence-electron chi connectivity index (χ1n) is 7.88. The van der Waals surface area contributed by atoms with E-state index in [4.69, 9.17) is 4.74 Å². The molecule has 0 aromatic heterocycles. The number of allylic oxidation sites excluding steroid dienone is 1. The van der Waals surface area contributed by atoms with Crippen LogP contribution in [0.5, 0.6) is 5.75 Å². The SMILES string of the molecule is CC[C@@H](Oc1ccc(C)cc1)C(=O)NCC1=CCCCC1. The molecule has 1 N–H and O–H groups in total. The lowest BCUT2D eigenvalue weighted by atomic mass is 9.99. The Morgan fingerprint density at radius 2 is 2.05 bits per heavy atom. The van der Waals surface area contributed by atoms with Crippen LogP contribution in [0.15, 0.2) is 35.9 Å². The summed E-state index contributed by atoms with van der Waals surface area (Å²) in [6, 6.07) is 7.81. The van der Waals surface area contributed by atoms with Gasteiger partial charge in [0.05, 0.1) is 0 Å². The van der Waals surface area contributed by atoms with E-state index in [9.17, 15) is 4.79 Å². The number of ether oxygens (including phenoxy) is 1. The van der Waals surface area contributed by atoms with E-state index in [2.05, 4.69) is 11.4 Å². The highest BCUT2D eigenvalue weighted by molar-refractivity contribution is 5.81. The van der Waals surface area contributed by atoms with Gasteiger partial charge in [-0.3, -0.25) is 4.79 Å². The molecule has 1 aromatic rings. The fourth-order valence-electron chi connectivity index (χ4n) is 2.48. The summed E-state index contributed by atoms with van der Waals surface area (Å²) in [7, 11) is 0. The molecular formula is C18H25NO2. The molecule has 0 unspecified atom stereocenters. The predicted molar refractivity (Wildman–Crippen MR) is 85.4 cm³/mol. The van der Waals surface area contributed by atoms with E-state index >= 15 is 0 Å². The van der Waals surface area contributed by atoms with Crippen molar-refractivity contribution in [1.82, 2.24) is 5.32 Å². The molecule has 1 aromatic carbocycles. The Balaban J connectivity index is 1.86. The maximum absolute atomic E-state index is 12.2. The Labute approximate surface area is 127 Å². The minimum absolute atomic E-state index is 0.0236. The third kappa shape index (κ3) is 4.92. The number of benzene rings is 1. The van der Waals surface area contributed by atoms with Gasteiger partial charge in [-0.25, -0.2) is 0 Å². The summed E-state index contributed by atoms with van der Waals surface area (Å²) in [6.07, 6.45) is 7.25. The van der Waals surface area contributed by atoms with E-state index < -0.39 is 6.10 Å². The second kappa shape index (κ2) is 7.87. The van der Waals surface area contributed by atoms with Gasteiger partial charge in [-0.15, -0.1) is 0 Å². The molecule has 1 aliphatic carbocycles. The van der Waals surface area contributed by atoms with Gasteiger partial charge in [0.15, 0.2) is 6.10 Å². The van der Waals surface area contributed by atoms with Crippen LogP contribution in [0.3, 0.4) is 0 Å². The minimum Gasteiger partial charge on any atom is -0.481 e. The first-order valence-corrected chi connectivity index (χ1v) is 7.88. The van der Waals surface area contributed by atoms with Crippen LogP contribution in [0.2, 0.25) is 0 Å². The molecule has 1 aliphatic rings. The highest BCUT2D eigenvalue weighted by Crippen LogP contribution is 2.17. The summed E-state index contributed by atoms with van der Waals surface area (Å²) >= 11 is 0. The summed E-state index contributed by atoms with van der Waals surface area (Å²) in [5, 5.41) is 3.00. The normalized spacial score (nSPS) is 16.0. The fourth-order valence-corrected chi connectivity index (χ4v) is 2.48. The number of amides is 1. The van der Waals surface area contributed by atoms with Gasteiger partial charge >= 0.3 is 0 Å². The average Bonchev–Trinajstić information content (AvgIpc) is 2.53. The Morgan fingerprint density at radius 3 is 2.67 bits per heavy atom. The molecule has 3 heteroatoms. The quantitative estimate of drug-likeness (QED) is 0.809. The maximum atomic E-state index is 12.2. The van der Waals surface area contributed by atoms with Crippen LogP contribution < -0.4 is 10.1 Å². The van der Waals surface area contributed by atoms with Crippen LogP contribution in [0.4, 0.5) is 0 Å². The standard InChI is InChI=1S/C18H25NO2/c1-3-17(21-16-11-9-14(2)10-12-16)18(20)19-13-15-7-5-4-6-8-15/h7,9-12,17H,3-6,8,13H2,1-2H3,(H,19,20)/t17-/m1/s1. The lowest BCUT2D eigenvalue weighted by Crippen LogP contribution is -2.39. The summed E-state index contributed by atoms with van der Waals surface area (Å²) in [6.45, 7) is 4.66. The molecule has 0 radical (unpaired) electrons. The topological polar surface area (TPSA) is 38.3 Å². The highest BCUT2D eigenvalue weighted by Gasteiger charge is 2.18. The second-order valence-corrected chi connectivity index (χ2v) is 5.65. The first-order chi connectivity index (χ1) is 10.2. The van der Waals surface area contributed by atoms with Crippen molar-refractivity contribution in [1.29, 1.82) is 0 Å². The van der Waals surface area contributed by atoms with Gasteiger partial charge in [0.25, 0.3) is 5.91 Å². The predicted octanol–water partition coefficient (Wildman–Crippen LogP) is 3.77. The van der Waals surface area contributed by atoms with Gasteiger partial charge in [0, 0.05) is 6.54 Å². The van der Waals surface area contributed by atoms with Crippen molar-refractivity contribution in [3.63, 3.8) is 0 Å². The van der Waals surface area contributed by atoms with E-state index in [1.807, 2.05) is 38.1 Å². The van der Waals surface area contributed by atoms with Gasteiger partial charge in [0.1, 0.15) is 5.75 Å². The van der Waals surface area contributed by atoms with Crippen LogP contribution in [-0.2, 0) is 4.79 Å². The van der Waals surface area contributed by atoms with Crippen molar-refractivity contribution in [3.8, 4) is 5.75 Å². The Hall–Kier alpha value is -1.77. The van der Waals surface area contributed by atoms with Crippen molar-refractivity contribution < 1.29 is 9.53 Å². The van der Waals surface area contributed by atoms with Crippen molar-refractivity contribution in [3.05, 3.63) is 41.5 Å². The molecule has 3 nitrogen and oxygen atoms in total. The lowest BCUT2D eigenvalue weighted by molar-refractivity contribution is -0.127. The molecule has 0 bridgehead atoms. The molecule has 114 valence electrons. The number of aryl methyl sites for hydroxylation is 1. The molecule has 1 amide bonds. The summed E-state index contributed by atoms with van der Waals surface area (Å²) < 4.78 is 5.79. The molecule has 0 aliphatic heterocycles. The van der Waals surface area contributed by atoms with Crippen molar-refractivity contribution in [2.45, 2.75) is 52.1 Å². The van der Waals surface area contributed by atoms with Gasteiger partial charge in [0.2, 0.25) is 0 Å². The average molecular weight is 287 g/mol. The number of hydrogen-bond acceptors (Lipinski definition) is 2. The Kier molecular flexibility index (Phi) is 5.85. The van der Waals surface area contributed by atoms with Crippen molar-refractivity contribution in [2.24, 2.45) is 0 Å². The summed E-state index contributed by atoms with van der Waals surface area (Å²) in [4.78, 5) is 12.2. The number of nitrogens with one attached hydrogen (secondary N) is 1. The van der Waals surface area contributed by atoms with Gasteiger partial charge in [-0.05, 0) is 51.2 Å². The summed E-state index contributed by atoms with van der Waals surface area (Å²) in [5.41, 5.74) is 2.53. The van der Waals surface area contributed by atoms with Gasteiger partial charge in [-0.2, -0.15) is 0 Å². The van der Waals surface area contributed by atoms with Crippen LogP contribution in [0, 0.1) is 6.92 Å². The minimum atomic E-state index is -0.420. The van der Waals surface area contributed by atoms with Gasteiger partial charge in [-0.1, -0.05) is 36.3 Å².